The quantitative estimate of drug-likeness (QED) is 0.664. The highest BCUT2D eigenvalue weighted by atomic mass is 79.9. The molecule has 0 saturated carbocycles. The van der Waals surface area contributed by atoms with Crippen LogP contribution < -0.4 is 4.74 Å². The van der Waals surface area contributed by atoms with Crippen LogP contribution in [0.1, 0.15) is 17.3 Å². The van der Waals surface area contributed by atoms with Crippen molar-refractivity contribution in [2.24, 2.45) is 0 Å². The Morgan fingerprint density at radius 3 is 2.32 bits per heavy atom. The summed E-state index contributed by atoms with van der Waals surface area (Å²) in [5.41, 5.74) is 0.408. The smallest absolute Gasteiger partial charge is 0.166 e. The lowest BCUT2D eigenvalue weighted by Gasteiger charge is -2.10. The van der Waals surface area contributed by atoms with Crippen LogP contribution in [-0.4, -0.2) is 5.78 Å². The highest BCUT2D eigenvalue weighted by Gasteiger charge is 2.12. The van der Waals surface area contributed by atoms with Gasteiger partial charge in [-0.25, -0.2) is 4.39 Å². The van der Waals surface area contributed by atoms with Crippen LogP contribution in [0.4, 0.5) is 4.39 Å². The van der Waals surface area contributed by atoms with E-state index in [2.05, 4.69) is 31.9 Å². The molecule has 0 N–H and O–H groups in total. The maximum Gasteiger partial charge on any atom is 0.166 e. The van der Waals surface area contributed by atoms with Crippen molar-refractivity contribution in [3.8, 4) is 11.5 Å². The van der Waals surface area contributed by atoms with Gasteiger partial charge in [0.1, 0.15) is 5.75 Å². The van der Waals surface area contributed by atoms with Crippen molar-refractivity contribution in [3.63, 3.8) is 0 Å². The molecule has 2 aromatic rings. The minimum Gasteiger partial charge on any atom is -0.453 e. The van der Waals surface area contributed by atoms with Crippen molar-refractivity contribution in [2.75, 3.05) is 0 Å². The first-order valence-electron chi connectivity index (χ1n) is 5.41. The zero-order chi connectivity index (χ0) is 14.0. The van der Waals surface area contributed by atoms with Gasteiger partial charge in [-0.15, -0.1) is 0 Å². The third kappa shape index (κ3) is 3.42. The minimum atomic E-state index is -0.496. The molecule has 2 nitrogen and oxygen atoms in total. The number of halogens is 3. The van der Waals surface area contributed by atoms with E-state index < -0.39 is 5.82 Å². The number of hydrogen-bond acceptors (Lipinski definition) is 2. The number of carbonyl (C=O) groups is 1. The number of carbonyl (C=O) groups excluding carboxylic acids is 1. The molecule has 2 aromatic carbocycles. The van der Waals surface area contributed by atoms with Gasteiger partial charge >= 0.3 is 0 Å². The first-order chi connectivity index (χ1) is 8.97. The van der Waals surface area contributed by atoms with E-state index in [0.717, 1.165) is 4.47 Å². The van der Waals surface area contributed by atoms with Crippen LogP contribution in [-0.2, 0) is 0 Å². The molecule has 0 aliphatic rings. The van der Waals surface area contributed by atoms with Crippen molar-refractivity contribution in [1.82, 2.24) is 0 Å². The van der Waals surface area contributed by atoms with Gasteiger partial charge in [0.25, 0.3) is 0 Å². The van der Waals surface area contributed by atoms with Crippen LogP contribution in [0.2, 0.25) is 0 Å². The van der Waals surface area contributed by atoms with Gasteiger partial charge in [0, 0.05) is 8.95 Å². The molecule has 0 spiro atoms. The van der Waals surface area contributed by atoms with Crippen LogP contribution in [0, 0.1) is 5.82 Å². The molecule has 0 unspecified atom stereocenters. The Bertz CT molecular complexity index is 641. The summed E-state index contributed by atoms with van der Waals surface area (Å²) in [6.07, 6.45) is 0. The Hall–Kier alpha value is -1.20. The highest BCUT2D eigenvalue weighted by molar-refractivity contribution is 9.10. The average molecular weight is 388 g/mol. The topological polar surface area (TPSA) is 26.3 Å². The molecule has 0 heterocycles. The van der Waals surface area contributed by atoms with Crippen molar-refractivity contribution in [1.29, 1.82) is 0 Å². The molecule has 5 heteroatoms. The zero-order valence-electron chi connectivity index (χ0n) is 9.91. The predicted molar refractivity (Wildman–Crippen MR) is 78.3 cm³/mol. The SMILES string of the molecule is CC(=O)c1ccc(Br)cc1Oc1ccc(Br)cc1F. The van der Waals surface area contributed by atoms with Crippen LogP contribution >= 0.6 is 31.9 Å². The Morgan fingerprint density at radius 2 is 1.68 bits per heavy atom. The van der Waals surface area contributed by atoms with E-state index in [1.165, 1.54) is 19.1 Å². The second-order valence-electron chi connectivity index (χ2n) is 3.87. The van der Waals surface area contributed by atoms with Gasteiger partial charge in [0.15, 0.2) is 17.3 Å². The Kier molecular flexibility index (Phi) is 4.37. The number of Topliss-reactive ketones (excluding diaryl/α,β-unsaturated/α-hetero) is 1. The van der Waals surface area contributed by atoms with Gasteiger partial charge in [-0.3, -0.25) is 4.79 Å². The molecule has 0 atom stereocenters. The van der Waals surface area contributed by atoms with Crippen molar-refractivity contribution in [2.45, 2.75) is 6.92 Å². The number of hydrogen-bond donors (Lipinski definition) is 0. The molecule has 19 heavy (non-hydrogen) atoms. The van der Waals surface area contributed by atoms with E-state index >= 15 is 0 Å². The monoisotopic (exact) mass is 386 g/mol. The first kappa shape index (κ1) is 14.2. The summed E-state index contributed by atoms with van der Waals surface area (Å²) in [5.74, 6) is -0.240. The fraction of sp³-hybridized carbons (Fsp3) is 0.0714. The normalized spacial score (nSPS) is 10.3. The number of rotatable bonds is 3. The summed E-state index contributed by atoms with van der Waals surface area (Å²) < 4.78 is 20.6. The summed E-state index contributed by atoms with van der Waals surface area (Å²) in [6.45, 7) is 1.44. The zero-order valence-corrected chi connectivity index (χ0v) is 13.1. The number of benzene rings is 2. The molecule has 0 aromatic heterocycles. The maximum absolute atomic E-state index is 13.7. The van der Waals surface area contributed by atoms with E-state index in [0.29, 0.717) is 15.8 Å². The van der Waals surface area contributed by atoms with E-state index in [1.54, 1.807) is 24.3 Å². The lowest BCUT2D eigenvalue weighted by molar-refractivity contribution is 0.101. The molecule has 0 bridgehead atoms. The van der Waals surface area contributed by atoms with Crippen LogP contribution in [0.3, 0.4) is 0 Å². The lowest BCUT2D eigenvalue weighted by atomic mass is 10.1. The molecule has 0 saturated heterocycles. The standard InChI is InChI=1S/C14H9Br2FO2/c1-8(18)11-4-2-10(16)7-14(11)19-13-5-3-9(15)6-12(13)17/h2-7H,1H3. The maximum atomic E-state index is 13.7. The molecular weight excluding hydrogens is 379 g/mol. The fourth-order valence-corrected chi connectivity index (χ4v) is 2.22. The van der Waals surface area contributed by atoms with E-state index in [1.807, 2.05) is 0 Å². The van der Waals surface area contributed by atoms with Gasteiger partial charge in [-0.1, -0.05) is 31.9 Å². The highest BCUT2D eigenvalue weighted by Crippen LogP contribution is 2.31. The summed E-state index contributed by atoms with van der Waals surface area (Å²) >= 11 is 6.47. The summed E-state index contributed by atoms with van der Waals surface area (Å²) in [6, 6.07) is 9.49. The van der Waals surface area contributed by atoms with Crippen LogP contribution in [0.5, 0.6) is 11.5 Å². The summed E-state index contributed by atoms with van der Waals surface area (Å²) in [4.78, 5) is 11.5. The predicted octanol–water partition coefficient (Wildman–Crippen LogP) is 5.35. The fourth-order valence-electron chi connectivity index (χ4n) is 1.55. The van der Waals surface area contributed by atoms with Crippen molar-refractivity contribution < 1.29 is 13.9 Å². The van der Waals surface area contributed by atoms with Crippen LogP contribution in [0.15, 0.2) is 45.3 Å². The van der Waals surface area contributed by atoms with Crippen LogP contribution in [0.25, 0.3) is 0 Å². The molecule has 0 radical (unpaired) electrons. The van der Waals surface area contributed by atoms with Gasteiger partial charge in [0.2, 0.25) is 0 Å². The molecule has 2 rings (SSSR count). The van der Waals surface area contributed by atoms with Gasteiger partial charge in [-0.2, -0.15) is 0 Å². The first-order valence-corrected chi connectivity index (χ1v) is 6.99. The summed E-state index contributed by atoms with van der Waals surface area (Å²) in [7, 11) is 0. The Labute approximate surface area is 126 Å². The second kappa shape index (κ2) is 5.84. The molecule has 0 aliphatic carbocycles. The largest absolute Gasteiger partial charge is 0.453 e. The third-order valence-corrected chi connectivity index (χ3v) is 3.42. The molecular formula is C14H9Br2FO2. The average Bonchev–Trinajstić information content (AvgIpc) is 2.32. The molecule has 98 valence electrons. The van der Waals surface area contributed by atoms with E-state index in [9.17, 15) is 9.18 Å². The third-order valence-electron chi connectivity index (χ3n) is 2.44. The Morgan fingerprint density at radius 1 is 1.05 bits per heavy atom. The van der Waals surface area contributed by atoms with Gasteiger partial charge in [0.05, 0.1) is 5.56 Å². The lowest BCUT2D eigenvalue weighted by Crippen LogP contribution is -1.98. The Balaban J connectivity index is 2.42. The summed E-state index contributed by atoms with van der Waals surface area (Å²) in [5, 5.41) is 0. The molecule has 0 amide bonds. The molecule has 0 fully saturated rings. The molecule has 0 aliphatic heterocycles. The number of ether oxygens (including phenoxy) is 1. The second-order valence-corrected chi connectivity index (χ2v) is 5.70. The van der Waals surface area contributed by atoms with Crippen molar-refractivity contribution >= 4 is 37.6 Å². The number of ketones is 1. The van der Waals surface area contributed by atoms with Crippen molar-refractivity contribution in [3.05, 3.63) is 56.7 Å². The van der Waals surface area contributed by atoms with E-state index in [4.69, 9.17) is 4.74 Å². The van der Waals surface area contributed by atoms with Gasteiger partial charge < -0.3 is 4.74 Å². The van der Waals surface area contributed by atoms with Gasteiger partial charge in [-0.05, 0) is 43.3 Å². The minimum absolute atomic E-state index is 0.0730. The van der Waals surface area contributed by atoms with E-state index in [-0.39, 0.29) is 11.5 Å².